The summed E-state index contributed by atoms with van der Waals surface area (Å²) in [7, 11) is 1.57. The average Bonchev–Trinajstić information content (AvgIpc) is 2.55. The second-order valence-electron chi connectivity index (χ2n) is 4.66. The van der Waals surface area contributed by atoms with Crippen molar-refractivity contribution in [3.8, 4) is 11.5 Å². The third kappa shape index (κ3) is 4.15. The monoisotopic (exact) mass is 319 g/mol. The van der Waals surface area contributed by atoms with E-state index in [2.05, 4.69) is 5.32 Å². The van der Waals surface area contributed by atoms with Gasteiger partial charge in [-0.3, -0.25) is 4.79 Å². The maximum absolute atomic E-state index is 12.3. The van der Waals surface area contributed by atoms with Gasteiger partial charge in [-0.2, -0.15) is 0 Å². The van der Waals surface area contributed by atoms with Gasteiger partial charge in [0.2, 0.25) is 0 Å². The fourth-order valence-corrected chi connectivity index (χ4v) is 2.07. The molecular formula is C17H18ClNO3. The van der Waals surface area contributed by atoms with Crippen molar-refractivity contribution in [2.24, 2.45) is 0 Å². The Bertz CT molecular complexity index is 628. The van der Waals surface area contributed by atoms with Crippen LogP contribution in [0.1, 0.15) is 13.3 Å². The highest BCUT2D eigenvalue weighted by Gasteiger charge is 2.20. The predicted molar refractivity (Wildman–Crippen MR) is 87.8 cm³/mol. The molecule has 0 unspecified atom stereocenters. The second-order valence-corrected chi connectivity index (χ2v) is 5.10. The van der Waals surface area contributed by atoms with E-state index in [1.165, 1.54) is 0 Å². The largest absolute Gasteiger partial charge is 0.493 e. The van der Waals surface area contributed by atoms with Crippen LogP contribution in [0.4, 0.5) is 5.69 Å². The van der Waals surface area contributed by atoms with Crippen molar-refractivity contribution in [1.82, 2.24) is 0 Å². The fraction of sp³-hybridized carbons (Fsp3) is 0.235. The van der Waals surface area contributed by atoms with Crippen LogP contribution < -0.4 is 14.8 Å². The number of anilines is 1. The van der Waals surface area contributed by atoms with Crippen LogP contribution in [0.3, 0.4) is 0 Å². The molecular weight excluding hydrogens is 302 g/mol. The first-order valence-corrected chi connectivity index (χ1v) is 7.38. The van der Waals surface area contributed by atoms with E-state index in [0.29, 0.717) is 28.6 Å². The van der Waals surface area contributed by atoms with Crippen LogP contribution in [0.15, 0.2) is 48.5 Å². The van der Waals surface area contributed by atoms with E-state index in [0.717, 1.165) is 0 Å². The number of amides is 1. The van der Waals surface area contributed by atoms with Crippen LogP contribution in [0.25, 0.3) is 0 Å². The highest BCUT2D eigenvalue weighted by molar-refractivity contribution is 6.30. The molecule has 0 saturated heterocycles. The highest BCUT2D eigenvalue weighted by atomic mass is 35.5. The number of benzene rings is 2. The SMILES string of the molecule is CC[C@H](Oc1ccccc1OC)C(=O)Nc1ccc(Cl)cc1. The van der Waals surface area contributed by atoms with Crippen LogP contribution in [0.5, 0.6) is 11.5 Å². The molecule has 5 heteroatoms. The van der Waals surface area contributed by atoms with Crippen molar-refractivity contribution >= 4 is 23.2 Å². The Kier molecular flexibility index (Phi) is 5.67. The summed E-state index contributed by atoms with van der Waals surface area (Å²) in [5.74, 6) is 0.930. The van der Waals surface area contributed by atoms with E-state index in [-0.39, 0.29) is 5.91 Å². The van der Waals surface area contributed by atoms with Gasteiger partial charge >= 0.3 is 0 Å². The molecule has 0 aliphatic heterocycles. The molecule has 4 nitrogen and oxygen atoms in total. The third-order valence-corrected chi connectivity index (χ3v) is 3.37. The Balaban J connectivity index is 2.07. The molecule has 22 heavy (non-hydrogen) atoms. The minimum absolute atomic E-state index is 0.212. The summed E-state index contributed by atoms with van der Waals surface area (Å²) in [4.78, 5) is 12.3. The lowest BCUT2D eigenvalue weighted by molar-refractivity contribution is -0.122. The molecule has 0 aliphatic carbocycles. The lowest BCUT2D eigenvalue weighted by atomic mass is 10.2. The predicted octanol–water partition coefficient (Wildman–Crippen LogP) is 4.14. The van der Waals surface area contributed by atoms with Crippen LogP contribution in [0, 0.1) is 0 Å². The molecule has 2 aromatic carbocycles. The quantitative estimate of drug-likeness (QED) is 0.870. The number of carbonyl (C=O) groups is 1. The molecule has 116 valence electrons. The van der Waals surface area contributed by atoms with E-state index in [9.17, 15) is 4.79 Å². The lowest BCUT2D eigenvalue weighted by Crippen LogP contribution is -2.32. The first-order chi connectivity index (χ1) is 10.6. The summed E-state index contributed by atoms with van der Waals surface area (Å²) in [5, 5.41) is 3.44. The molecule has 0 heterocycles. The second kappa shape index (κ2) is 7.71. The number of hydrogen-bond acceptors (Lipinski definition) is 3. The summed E-state index contributed by atoms with van der Waals surface area (Å²) in [5.41, 5.74) is 0.677. The maximum Gasteiger partial charge on any atom is 0.265 e. The normalized spacial score (nSPS) is 11.6. The molecule has 0 aliphatic rings. The Hall–Kier alpha value is -2.20. The van der Waals surface area contributed by atoms with Crippen molar-refractivity contribution in [2.45, 2.75) is 19.4 Å². The van der Waals surface area contributed by atoms with Crippen molar-refractivity contribution < 1.29 is 14.3 Å². The molecule has 2 rings (SSSR count). The molecule has 1 atom stereocenters. The molecule has 1 amide bonds. The van der Waals surface area contributed by atoms with Gasteiger partial charge < -0.3 is 14.8 Å². The lowest BCUT2D eigenvalue weighted by Gasteiger charge is -2.18. The van der Waals surface area contributed by atoms with E-state index < -0.39 is 6.10 Å². The van der Waals surface area contributed by atoms with Gasteiger partial charge in [0, 0.05) is 10.7 Å². The third-order valence-electron chi connectivity index (χ3n) is 3.11. The molecule has 0 aromatic heterocycles. The van der Waals surface area contributed by atoms with Crippen LogP contribution >= 0.6 is 11.6 Å². The number of ether oxygens (including phenoxy) is 2. The Labute approximate surface area is 135 Å². The number of nitrogens with one attached hydrogen (secondary N) is 1. The van der Waals surface area contributed by atoms with Gasteiger partial charge in [-0.1, -0.05) is 30.7 Å². The number of halogens is 1. The standard InChI is InChI=1S/C17H18ClNO3/c1-3-14(22-16-7-5-4-6-15(16)21-2)17(20)19-13-10-8-12(18)9-11-13/h4-11,14H,3H2,1-2H3,(H,19,20)/t14-/m0/s1. The Morgan fingerprint density at radius 2 is 1.77 bits per heavy atom. The van der Waals surface area contributed by atoms with Gasteiger partial charge in [0.25, 0.3) is 5.91 Å². The zero-order valence-corrected chi connectivity index (χ0v) is 13.3. The van der Waals surface area contributed by atoms with Crippen molar-refractivity contribution in [3.05, 3.63) is 53.6 Å². The zero-order valence-electron chi connectivity index (χ0n) is 12.5. The molecule has 0 spiro atoms. The molecule has 0 saturated carbocycles. The van der Waals surface area contributed by atoms with Gasteiger partial charge in [-0.15, -0.1) is 0 Å². The topological polar surface area (TPSA) is 47.6 Å². The minimum Gasteiger partial charge on any atom is -0.493 e. The summed E-state index contributed by atoms with van der Waals surface area (Å²) >= 11 is 5.83. The van der Waals surface area contributed by atoms with Crippen LogP contribution in [-0.4, -0.2) is 19.1 Å². The van der Waals surface area contributed by atoms with Crippen molar-refractivity contribution in [1.29, 1.82) is 0 Å². The Morgan fingerprint density at radius 3 is 2.36 bits per heavy atom. The van der Waals surface area contributed by atoms with E-state index in [4.69, 9.17) is 21.1 Å². The van der Waals surface area contributed by atoms with Gasteiger partial charge in [0.1, 0.15) is 0 Å². The number of carbonyl (C=O) groups excluding carboxylic acids is 1. The van der Waals surface area contributed by atoms with E-state index in [1.807, 2.05) is 19.1 Å². The maximum atomic E-state index is 12.3. The summed E-state index contributed by atoms with van der Waals surface area (Å²) < 4.78 is 11.0. The summed E-state index contributed by atoms with van der Waals surface area (Å²) in [6, 6.07) is 14.2. The van der Waals surface area contributed by atoms with E-state index >= 15 is 0 Å². The Morgan fingerprint density at radius 1 is 1.14 bits per heavy atom. The van der Waals surface area contributed by atoms with E-state index in [1.54, 1.807) is 43.5 Å². The summed E-state index contributed by atoms with van der Waals surface area (Å²) in [6.07, 6.45) is -0.0655. The number of methoxy groups -OCH3 is 1. The smallest absolute Gasteiger partial charge is 0.265 e. The fourth-order valence-electron chi connectivity index (χ4n) is 1.95. The average molecular weight is 320 g/mol. The number of para-hydroxylation sites is 2. The number of rotatable bonds is 6. The zero-order chi connectivity index (χ0) is 15.9. The van der Waals surface area contributed by atoms with Gasteiger partial charge in [0.05, 0.1) is 7.11 Å². The van der Waals surface area contributed by atoms with Gasteiger partial charge in [-0.25, -0.2) is 0 Å². The first-order valence-electron chi connectivity index (χ1n) is 7.00. The van der Waals surface area contributed by atoms with Crippen molar-refractivity contribution in [2.75, 3.05) is 12.4 Å². The highest BCUT2D eigenvalue weighted by Crippen LogP contribution is 2.27. The molecule has 2 aromatic rings. The molecule has 0 bridgehead atoms. The minimum atomic E-state index is -0.605. The molecule has 0 fully saturated rings. The van der Waals surface area contributed by atoms with Crippen molar-refractivity contribution in [3.63, 3.8) is 0 Å². The van der Waals surface area contributed by atoms with Gasteiger partial charge in [0.15, 0.2) is 17.6 Å². The van der Waals surface area contributed by atoms with Crippen LogP contribution in [0.2, 0.25) is 5.02 Å². The van der Waals surface area contributed by atoms with Crippen LogP contribution in [-0.2, 0) is 4.79 Å². The van der Waals surface area contributed by atoms with Gasteiger partial charge in [-0.05, 0) is 42.8 Å². The molecule has 1 N–H and O–H groups in total. The molecule has 0 radical (unpaired) electrons. The first kappa shape index (κ1) is 16.2. The summed E-state index contributed by atoms with van der Waals surface area (Å²) in [6.45, 7) is 1.89. The number of hydrogen-bond donors (Lipinski definition) is 1.